The highest BCUT2D eigenvalue weighted by atomic mass is 14.9. The van der Waals surface area contributed by atoms with Crippen LogP contribution in [-0.2, 0) is 6.42 Å². The van der Waals surface area contributed by atoms with Crippen LogP contribution in [0.3, 0.4) is 0 Å². The van der Waals surface area contributed by atoms with Gasteiger partial charge in [0.15, 0.2) is 0 Å². The summed E-state index contributed by atoms with van der Waals surface area (Å²) in [6, 6.07) is 9.66. The summed E-state index contributed by atoms with van der Waals surface area (Å²) in [6.07, 6.45) is 6.79. The van der Waals surface area contributed by atoms with E-state index in [1.807, 2.05) is 0 Å². The van der Waals surface area contributed by atoms with Crippen molar-refractivity contribution in [2.75, 3.05) is 6.54 Å². The molecule has 1 aromatic rings. The number of hydrogen-bond donors (Lipinski definition) is 1. The highest BCUT2D eigenvalue weighted by molar-refractivity contribution is 5.40. The van der Waals surface area contributed by atoms with Crippen molar-refractivity contribution < 1.29 is 0 Å². The zero-order valence-corrected chi connectivity index (χ0v) is 11.7. The van der Waals surface area contributed by atoms with E-state index in [-0.39, 0.29) is 0 Å². The minimum Gasteiger partial charge on any atom is -0.313 e. The SMILES string of the molecule is CC1(C)CCCC(NCC2Cc3ccccc32)C1. The molecule has 1 fully saturated rings. The summed E-state index contributed by atoms with van der Waals surface area (Å²) in [5, 5.41) is 3.82. The second kappa shape index (κ2) is 4.70. The molecule has 1 saturated carbocycles. The van der Waals surface area contributed by atoms with Gasteiger partial charge < -0.3 is 5.32 Å². The maximum Gasteiger partial charge on any atom is 0.00723 e. The highest BCUT2D eigenvalue weighted by Gasteiger charge is 2.30. The van der Waals surface area contributed by atoms with Gasteiger partial charge in [0.25, 0.3) is 0 Å². The topological polar surface area (TPSA) is 12.0 Å². The first-order chi connectivity index (χ1) is 8.64. The van der Waals surface area contributed by atoms with Gasteiger partial charge in [-0.1, -0.05) is 44.5 Å². The van der Waals surface area contributed by atoms with Gasteiger partial charge in [-0.05, 0) is 42.2 Å². The normalized spacial score (nSPS) is 29.4. The second-order valence-corrected chi connectivity index (χ2v) is 6.97. The Kier molecular flexibility index (Phi) is 3.19. The molecule has 18 heavy (non-hydrogen) atoms. The van der Waals surface area contributed by atoms with Crippen LogP contribution in [0.25, 0.3) is 0 Å². The van der Waals surface area contributed by atoms with Gasteiger partial charge in [-0.3, -0.25) is 0 Å². The average molecular weight is 243 g/mol. The molecule has 1 heteroatoms. The highest BCUT2D eigenvalue weighted by Crippen LogP contribution is 2.37. The Labute approximate surface area is 111 Å². The van der Waals surface area contributed by atoms with Crippen LogP contribution in [0.2, 0.25) is 0 Å². The zero-order chi connectivity index (χ0) is 12.6. The van der Waals surface area contributed by atoms with Crippen LogP contribution >= 0.6 is 0 Å². The van der Waals surface area contributed by atoms with Crippen molar-refractivity contribution in [2.24, 2.45) is 5.41 Å². The monoisotopic (exact) mass is 243 g/mol. The molecule has 0 aliphatic heterocycles. The van der Waals surface area contributed by atoms with E-state index in [0.29, 0.717) is 5.41 Å². The van der Waals surface area contributed by atoms with Crippen LogP contribution < -0.4 is 5.32 Å². The molecule has 1 N–H and O–H groups in total. The Morgan fingerprint density at radius 3 is 2.89 bits per heavy atom. The van der Waals surface area contributed by atoms with Gasteiger partial charge in [0.2, 0.25) is 0 Å². The van der Waals surface area contributed by atoms with E-state index in [2.05, 4.69) is 43.4 Å². The van der Waals surface area contributed by atoms with Crippen molar-refractivity contribution in [2.45, 2.75) is 57.9 Å². The first kappa shape index (κ1) is 12.2. The van der Waals surface area contributed by atoms with Crippen LogP contribution in [-0.4, -0.2) is 12.6 Å². The summed E-state index contributed by atoms with van der Waals surface area (Å²) in [6.45, 7) is 6.01. The fourth-order valence-corrected chi connectivity index (χ4v) is 3.73. The van der Waals surface area contributed by atoms with E-state index < -0.39 is 0 Å². The fourth-order valence-electron chi connectivity index (χ4n) is 3.73. The lowest BCUT2D eigenvalue weighted by molar-refractivity contribution is 0.196. The summed E-state index contributed by atoms with van der Waals surface area (Å²) in [5.41, 5.74) is 3.70. The van der Waals surface area contributed by atoms with Crippen LogP contribution in [0.4, 0.5) is 0 Å². The van der Waals surface area contributed by atoms with Crippen LogP contribution in [0.1, 0.15) is 56.6 Å². The summed E-state index contributed by atoms with van der Waals surface area (Å²) in [7, 11) is 0. The van der Waals surface area contributed by atoms with Gasteiger partial charge in [0.1, 0.15) is 0 Å². The maximum atomic E-state index is 3.82. The molecule has 0 amide bonds. The maximum absolute atomic E-state index is 3.82. The largest absolute Gasteiger partial charge is 0.313 e. The Morgan fingerprint density at radius 1 is 1.28 bits per heavy atom. The number of nitrogens with one attached hydrogen (secondary N) is 1. The van der Waals surface area contributed by atoms with E-state index >= 15 is 0 Å². The van der Waals surface area contributed by atoms with E-state index in [0.717, 1.165) is 12.0 Å². The Hall–Kier alpha value is -0.820. The molecule has 0 saturated heterocycles. The average Bonchev–Trinajstić information content (AvgIpc) is 2.29. The quantitative estimate of drug-likeness (QED) is 0.849. The van der Waals surface area contributed by atoms with Crippen LogP contribution in [0.15, 0.2) is 24.3 Å². The predicted molar refractivity (Wildman–Crippen MR) is 76.9 cm³/mol. The van der Waals surface area contributed by atoms with Gasteiger partial charge in [-0.2, -0.15) is 0 Å². The summed E-state index contributed by atoms with van der Waals surface area (Å²) < 4.78 is 0. The Morgan fingerprint density at radius 2 is 2.11 bits per heavy atom. The third-order valence-corrected chi connectivity index (χ3v) is 4.82. The molecule has 0 bridgehead atoms. The number of benzene rings is 1. The molecule has 0 heterocycles. The van der Waals surface area contributed by atoms with Crippen molar-refractivity contribution in [3.05, 3.63) is 35.4 Å². The standard InChI is InChI=1S/C17H25N/c1-17(2)9-5-7-15(11-17)18-12-14-10-13-6-3-4-8-16(13)14/h3-4,6,8,14-15,18H,5,7,9-12H2,1-2H3. The molecule has 2 aliphatic carbocycles. The van der Waals surface area contributed by atoms with Crippen LogP contribution in [0, 0.1) is 5.41 Å². The minimum absolute atomic E-state index is 0.549. The number of rotatable bonds is 3. The first-order valence-electron chi connectivity index (χ1n) is 7.45. The third-order valence-electron chi connectivity index (χ3n) is 4.82. The zero-order valence-electron chi connectivity index (χ0n) is 11.7. The van der Waals surface area contributed by atoms with E-state index in [1.54, 1.807) is 11.1 Å². The molecule has 2 unspecified atom stereocenters. The van der Waals surface area contributed by atoms with Gasteiger partial charge >= 0.3 is 0 Å². The fraction of sp³-hybridized carbons (Fsp3) is 0.647. The van der Waals surface area contributed by atoms with Crippen molar-refractivity contribution in [1.82, 2.24) is 5.32 Å². The second-order valence-electron chi connectivity index (χ2n) is 6.97. The molecule has 3 rings (SSSR count). The summed E-state index contributed by atoms with van der Waals surface area (Å²) in [4.78, 5) is 0. The summed E-state index contributed by atoms with van der Waals surface area (Å²) >= 11 is 0. The minimum atomic E-state index is 0.549. The van der Waals surface area contributed by atoms with Gasteiger partial charge in [0.05, 0.1) is 0 Å². The van der Waals surface area contributed by atoms with Crippen molar-refractivity contribution in [1.29, 1.82) is 0 Å². The van der Waals surface area contributed by atoms with Crippen molar-refractivity contribution >= 4 is 0 Å². The molecule has 0 spiro atoms. The van der Waals surface area contributed by atoms with Crippen molar-refractivity contribution in [3.8, 4) is 0 Å². The predicted octanol–water partition coefficient (Wildman–Crippen LogP) is 3.88. The van der Waals surface area contributed by atoms with E-state index in [9.17, 15) is 0 Å². The summed E-state index contributed by atoms with van der Waals surface area (Å²) in [5.74, 6) is 0.770. The van der Waals surface area contributed by atoms with Crippen LogP contribution in [0.5, 0.6) is 0 Å². The Balaban J connectivity index is 1.51. The first-order valence-corrected chi connectivity index (χ1v) is 7.45. The van der Waals surface area contributed by atoms with Gasteiger partial charge in [-0.25, -0.2) is 0 Å². The lowest BCUT2D eigenvalue weighted by Gasteiger charge is -2.38. The van der Waals surface area contributed by atoms with Crippen molar-refractivity contribution in [3.63, 3.8) is 0 Å². The van der Waals surface area contributed by atoms with Gasteiger partial charge in [0, 0.05) is 18.5 Å². The molecule has 98 valence electrons. The van der Waals surface area contributed by atoms with Gasteiger partial charge in [-0.15, -0.1) is 0 Å². The Bertz CT molecular complexity index is 421. The molecular weight excluding hydrogens is 218 g/mol. The lowest BCUT2D eigenvalue weighted by atomic mass is 9.74. The third kappa shape index (κ3) is 2.47. The number of fused-ring (bicyclic) bond motifs is 1. The smallest absolute Gasteiger partial charge is 0.00723 e. The molecule has 0 radical (unpaired) electrons. The molecule has 0 aromatic heterocycles. The lowest BCUT2D eigenvalue weighted by Crippen LogP contribution is -2.40. The molecule has 2 atom stereocenters. The van der Waals surface area contributed by atoms with E-state index in [1.165, 1.54) is 38.6 Å². The van der Waals surface area contributed by atoms with E-state index in [4.69, 9.17) is 0 Å². The molecular formula is C17H25N. The molecule has 2 aliphatic rings. The molecule has 1 nitrogen and oxygen atoms in total. The molecule has 1 aromatic carbocycles. The number of hydrogen-bond acceptors (Lipinski definition) is 1.